The van der Waals surface area contributed by atoms with Crippen molar-refractivity contribution in [2.75, 3.05) is 6.61 Å². The molecule has 3 nitrogen and oxygen atoms in total. The van der Waals surface area contributed by atoms with E-state index in [2.05, 4.69) is 52.0 Å². The monoisotopic (exact) mass is 356 g/mol. The highest BCUT2D eigenvalue weighted by Gasteiger charge is 2.11. The van der Waals surface area contributed by atoms with Crippen LogP contribution in [0.1, 0.15) is 60.9 Å². The summed E-state index contributed by atoms with van der Waals surface area (Å²) in [6.45, 7) is 11.0. The second kappa shape index (κ2) is 9.75. The van der Waals surface area contributed by atoms with E-state index in [9.17, 15) is 5.11 Å². The molecule has 2 atom stereocenters. The largest absolute Gasteiger partial charge is 0.465 e. The van der Waals surface area contributed by atoms with Crippen LogP contribution in [0.5, 0.6) is 5.75 Å². The molecule has 0 saturated heterocycles. The third kappa shape index (κ3) is 5.86. The van der Waals surface area contributed by atoms with E-state index >= 15 is 0 Å². The Kier molecular flexibility index (Phi) is 7.67. The smallest absolute Gasteiger partial charge is 0.197 e. The molecule has 2 rings (SSSR count). The highest BCUT2D eigenvalue weighted by Crippen LogP contribution is 2.27. The van der Waals surface area contributed by atoms with Crippen LogP contribution in [-0.2, 0) is 17.8 Å². The lowest BCUT2D eigenvalue weighted by atomic mass is 9.96. The quantitative estimate of drug-likeness (QED) is 0.620. The van der Waals surface area contributed by atoms with Gasteiger partial charge < -0.3 is 14.6 Å². The zero-order valence-electron chi connectivity index (χ0n) is 16.7. The van der Waals surface area contributed by atoms with E-state index in [0.717, 1.165) is 18.4 Å². The fraction of sp³-hybridized carbons (Fsp3) is 0.478. The fourth-order valence-electron chi connectivity index (χ4n) is 3.15. The summed E-state index contributed by atoms with van der Waals surface area (Å²) >= 11 is 0. The lowest BCUT2D eigenvalue weighted by Crippen LogP contribution is -2.18. The molecule has 2 aromatic carbocycles. The molecular weight excluding hydrogens is 324 g/mol. The van der Waals surface area contributed by atoms with Gasteiger partial charge in [-0.3, -0.25) is 0 Å². The van der Waals surface area contributed by atoms with Crippen molar-refractivity contribution < 1.29 is 14.6 Å². The van der Waals surface area contributed by atoms with Crippen molar-refractivity contribution in [2.45, 2.75) is 66.3 Å². The number of benzene rings is 2. The third-order valence-electron chi connectivity index (χ3n) is 4.75. The zero-order chi connectivity index (χ0) is 19.1. The molecule has 0 bridgehead atoms. The number of aliphatic hydroxyl groups is 1. The Morgan fingerprint density at radius 3 is 2.31 bits per heavy atom. The summed E-state index contributed by atoms with van der Waals surface area (Å²) < 4.78 is 11.7. The van der Waals surface area contributed by atoms with Crippen molar-refractivity contribution >= 4 is 0 Å². The summed E-state index contributed by atoms with van der Waals surface area (Å²) in [5.74, 6) is 1.17. The molecule has 0 amide bonds. The molecular formula is C23H32O3. The van der Waals surface area contributed by atoms with Crippen LogP contribution in [0.4, 0.5) is 0 Å². The van der Waals surface area contributed by atoms with Crippen LogP contribution in [0.25, 0.3) is 0 Å². The minimum absolute atomic E-state index is 0.0328. The van der Waals surface area contributed by atoms with Crippen molar-refractivity contribution in [1.29, 1.82) is 0 Å². The van der Waals surface area contributed by atoms with Crippen molar-refractivity contribution in [3.05, 3.63) is 64.2 Å². The van der Waals surface area contributed by atoms with E-state index in [4.69, 9.17) is 9.47 Å². The lowest BCUT2D eigenvalue weighted by molar-refractivity contribution is -0.0662. The Morgan fingerprint density at radius 1 is 1.00 bits per heavy atom. The summed E-state index contributed by atoms with van der Waals surface area (Å²) in [6.07, 6.45) is 1.57. The van der Waals surface area contributed by atoms with E-state index in [1.54, 1.807) is 0 Å². The lowest BCUT2D eigenvalue weighted by Gasteiger charge is -2.19. The van der Waals surface area contributed by atoms with Gasteiger partial charge in [0.05, 0.1) is 13.2 Å². The average molecular weight is 357 g/mol. The Hall–Kier alpha value is -1.84. The maximum absolute atomic E-state index is 9.67. The number of aliphatic hydroxyl groups excluding tert-OH is 1. The molecule has 0 aromatic heterocycles. The number of hydrogen-bond acceptors (Lipinski definition) is 3. The molecule has 2 unspecified atom stereocenters. The van der Waals surface area contributed by atoms with Gasteiger partial charge in [-0.15, -0.1) is 0 Å². The van der Waals surface area contributed by atoms with Gasteiger partial charge in [-0.1, -0.05) is 49.2 Å². The van der Waals surface area contributed by atoms with Gasteiger partial charge in [-0.2, -0.15) is 0 Å². The van der Waals surface area contributed by atoms with E-state index in [0.29, 0.717) is 18.3 Å². The molecule has 2 aromatic rings. The molecule has 142 valence electrons. The van der Waals surface area contributed by atoms with Gasteiger partial charge in [-0.05, 0) is 62.8 Å². The summed E-state index contributed by atoms with van der Waals surface area (Å²) in [6, 6.07) is 12.6. The molecule has 0 aliphatic carbocycles. The van der Waals surface area contributed by atoms with Crippen LogP contribution in [0.15, 0.2) is 36.4 Å². The molecule has 0 radical (unpaired) electrons. The van der Waals surface area contributed by atoms with Gasteiger partial charge in [0.1, 0.15) is 5.75 Å². The molecule has 1 N–H and O–H groups in total. The van der Waals surface area contributed by atoms with Crippen LogP contribution >= 0.6 is 0 Å². The maximum Gasteiger partial charge on any atom is 0.197 e. The highest BCUT2D eigenvalue weighted by atomic mass is 16.7. The standard InChI is InChI=1S/C23H32O3/c1-6-18(4)21-7-8-23(22(14-21)15-24)26-19(5)25-10-9-20-12-16(2)11-17(3)13-20/h7-8,11-14,18-19,24H,6,9-10,15H2,1-5H3. The number of rotatable bonds is 9. The molecule has 0 spiro atoms. The van der Waals surface area contributed by atoms with Gasteiger partial charge in [0.2, 0.25) is 0 Å². The van der Waals surface area contributed by atoms with Crippen LogP contribution in [0.2, 0.25) is 0 Å². The molecule has 0 fully saturated rings. The van der Waals surface area contributed by atoms with E-state index in [1.165, 1.54) is 22.3 Å². The minimum atomic E-state index is -0.361. The Balaban J connectivity index is 1.91. The zero-order valence-corrected chi connectivity index (χ0v) is 16.7. The second-order valence-corrected chi connectivity index (χ2v) is 7.14. The van der Waals surface area contributed by atoms with Crippen molar-refractivity contribution in [3.63, 3.8) is 0 Å². The number of hydrogen-bond donors (Lipinski definition) is 1. The van der Waals surface area contributed by atoms with E-state index in [-0.39, 0.29) is 12.9 Å². The van der Waals surface area contributed by atoms with Gasteiger partial charge in [0.25, 0.3) is 0 Å². The van der Waals surface area contributed by atoms with E-state index < -0.39 is 0 Å². The molecule has 3 heteroatoms. The first-order chi connectivity index (χ1) is 12.4. The van der Waals surface area contributed by atoms with Crippen LogP contribution in [0.3, 0.4) is 0 Å². The van der Waals surface area contributed by atoms with Gasteiger partial charge in [-0.25, -0.2) is 0 Å². The molecule has 0 saturated carbocycles. The Labute approximate surface area is 158 Å². The first-order valence-corrected chi connectivity index (χ1v) is 9.52. The molecule has 26 heavy (non-hydrogen) atoms. The van der Waals surface area contributed by atoms with E-state index in [1.807, 2.05) is 19.1 Å². The van der Waals surface area contributed by atoms with Gasteiger partial charge in [0, 0.05) is 5.56 Å². The Morgan fingerprint density at radius 2 is 1.69 bits per heavy atom. The average Bonchev–Trinajstić information content (AvgIpc) is 2.60. The van der Waals surface area contributed by atoms with Gasteiger partial charge >= 0.3 is 0 Å². The van der Waals surface area contributed by atoms with Crippen molar-refractivity contribution in [2.24, 2.45) is 0 Å². The SMILES string of the molecule is CCC(C)c1ccc(OC(C)OCCc2cc(C)cc(C)c2)c(CO)c1. The first-order valence-electron chi connectivity index (χ1n) is 9.52. The summed E-state index contributed by atoms with van der Waals surface area (Å²) in [4.78, 5) is 0. The summed E-state index contributed by atoms with van der Waals surface area (Å²) in [7, 11) is 0. The fourth-order valence-corrected chi connectivity index (χ4v) is 3.15. The van der Waals surface area contributed by atoms with Crippen LogP contribution in [0, 0.1) is 13.8 Å². The Bertz CT molecular complexity index is 688. The van der Waals surface area contributed by atoms with Crippen molar-refractivity contribution in [3.8, 4) is 5.75 Å². The topological polar surface area (TPSA) is 38.7 Å². The third-order valence-corrected chi connectivity index (χ3v) is 4.75. The first kappa shape index (κ1) is 20.5. The van der Waals surface area contributed by atoms with Crippen molar-refractivity contribution in [1.82, 2.24) is 0 Å². The molecule has 0 aliphatic heterocycles. The minimum Gasteiger partial charge on any atom is -0.465 e. The van der Waals surface area contributed by atoms with Crippen LogP contribution in [-0.4, -0.2) is 18.0 Å². The number of aryl methyl sites for hydroxylation is 2. The maximum atomic E-state index is 9.67. The predicted molar refractivity (Wildman–Crippen MR) is 107 cm³/mol. The van der Waals surface area contributed by atoms with Crippen LogP contribution < -0.4 is 4.74 Å². The summed E-state index contributed by atoms with van der Waals surface area (Å²) in [5.41, 5.74) is 5.88. The normalized spacial score (nSPS) is 13.5. The highest BCUT2D eigenvalue weighted by molar-refractivity contribution is 5.38. The van der Waals surface area contributed by atoms with Gasteiger partial charge in [0.15, 0.2) is 6.29 Å². The molecule has 0 heterocycles. The summed E-state index contributed by atoms with van der Waals surface area (Å²) in [5, 5.41) is 9.67. The molecule has 0 aliphatic rings. The second-order valence-electron chi connectivity index (χ2n) is 7.14. The number of ether oxygens (including phenoxy) is 2. The predicted octanol–water partition coefficient (Wildman–Crippen LogP) is 5.29.